The van der Waals surface area contributed by atoms with Crippen LogP contribution in [0.1, 0.15) is 0 Å². The van der Waals surface area contributed by atoms with E-state index >= 15 is 0 Å². The number of anilines is 4. The van der Waals surface area contributed by atoms with E-state index in [0.29, 0.717) is 40.1 Å². The minimum atomic E-state index is -0.323. The molecule has 3 aromatic heterocycles. The van der Waals surface area contributed by atoms with Gasteiger partial charge in [-0.05, 0) is 32.3 Å². The van der Waals surface area contributed by atoms with Crippen LogP contribution in [0.5, 0.6) is 5.75 Å². The fraction of sp³-hybridized carbons (Fsp3) is 0.250. The molecule has 0 saturated heterocycles. The van der Waals surface area contributed by atoms with Crippen LogP contribution in [0.3, 0.4) is 0 Å². The Balaban J connectivity index is 1.69. The maximum atomic E-state index is 12.2. The SMILES string of the molecule is C=CC(=O)Nc1cc(Nc2ncnc(-c3cnn4cccnc34)n2)c(OC)cc1N(C)CCN(C)C. The lowest BCUT2D eigenvalue weighted by atomic mass is 10.2. The number of methoxy groups -OCH3 is 1. The molecule has 0 spiro atoms. The number of rotatable bonds is 10. The fourth-order valence-corrected chi connectivity index (χ4v) is 3.50. The predicted molar refractivity (Wildman–Crippen MR) is 139 cm³/mol. The molecule has 0 fully saturated rings. The quantitative estimate of drug-likeness (QED) is 0.322. The first-order chi connectivity index (χ1) is 17.4. The van der Waals surface area contributed by atoms with Gasteiger partial charge in [-0.2, -0.15) is 10.1 Å². The second-order valence-corrected chi connectivity index (χ2v) is 8.19. The van der Waals surface area contributed by atoms with Crippen LogP contribution in [0.4, 0.5) is 23.0 Å². The molecule has 0 unspecified atom stereocenters. The summed E-state index contributed by atoms with van der Waals surface area (Å²) in [5, 5.41) is 10.4. The summed E-state index contributed by atoms with van der Waals surface area (Å²) in [5.41, 5.74) is 3.25. The molecule has 186 valence electrons. The number of amides is 1. The number of carbonyl (C=O) groups is 1. The molecule has 1 aromatic carbocycles. The zero-order valence-corrected chi connectivity index (χ0v) is 20.6. The number of fused-ring (bicyclic) bond motifs is 1. The van der Waals surface area contributed by atoms with E-state index in [0.717, 1.165) is 18.8 Å². The monoisotopic (exact) mass is 488 g/mol. The second-order valence-electron chi connectivity index (χ2n) is 8.19. The third kappa shape index (κ3) is 5.39. The molecule has 4 aromatic rings. The van der Waals surface area contributed by atoms with Crippen LogP contribution in [0.2, 0.25) is 0 Å². The molecular weight excluding hydrogens is 460 g/mol. The maximum Gasteiger partial charge on any atom is 0.247 e. The van der Waals surface area contributed by atoms with E-state index in [9.17, 15) is 4.79 Å². The van der Waals surface area contributed by atoms with Gasteiger partial charge in [0.25, 0.3) is 0 Å². The number of carbonyl (C=O) groups excluding carboxylic acids is 1. The van der Waals surface area contributed by atoms with Gasteiger partial charge in [0, 0.05) is 38.6 Å². The molecule has 0 bridgehead atoms. The van der Waals surface area contributed by atoms with Crippen LogP contribution in [-0.2, 0) is 4.79 Å². The van der Waals surface area contributed by atoms with Crippen LogP contribution < -0.4 is 20.3 Å². The summed E-state index contributed by atoms with van der Waals surface area (Å²) in [4.78, 5) is 33.8. The zero-order valence-electron chi connectivity index (χ0n) is 20.6. The summed E-state index contributed by atoms with van der Waals surface area (Å²) in [6.45, 7) is 5.13. The zero-order chi connectivity index (χ0) is 25.7. The number of nitrogens with one attached hydrogen (secondary N) is 2. The van der Waals surface area contributed by atoms with E-state index < -0.39 is 0 Å². The van der Waals surface area contributed by atoms with Gasteiger partial charge in [0.05, 0.1) is 35.9 Å². The van der Waals surface area contributed by atoms with Crippen molar-refractivity contribution in [3.05, 3.63) is 55.8 Å². The van der Waals surface area contributed by atoms with Crippen LogP contribution in [-0.4, -0.2) is 81.7 Å². The Labute approximate surface area is 208 Å². The third-order valence-corrected chi connectivity index (χ3v) is 5.39. The van der Waals surface area contributed by atoms with Crippen molar-refractivity contribution >= 4 is 34.6 Å². The molecule has 0 atom stereocenters. The number of ether oxygens (including phenoxy) is 1. The molecule has 4 rings (SSSR count). The number of nitrogens with zero attached hydrogens (tertiary/aromatic N) is 8. The van der Waals surface area contributed by atoms with Crippen molar-refractivity contribution in [2.45, 2.75) is 0 Å². The highest BCUT2D eigenvalue weighted by atomic mass is 16.5. The minimum absolute atomic E-state index is 0.295. The number of hydrogen-bond acceptors (Lipinski definition) is 10. The van der Waals surface area contributed by atoms with E-state index in [1.165, 1.54) is 12.4 Å². The van der Waals surface area contributed by atoms with E-state index in [1.54, 1.807) is 42.3 Å². The fourth-order valence-electron chi connectivity index (χ4n) is 3.50. The van der Waals surface area contributed by atoms with Crippen molar-refractivity contribution < 1.29 is 9.53 Å². The number of hydrogen-bond donors (Lipinski definition) is 2. The Hall–Kier alpha value is -4.58. The molecule has 36 heavy (non-hydrogen) atoms. The highest BCUT2D eigenvalue weighted by molar-refractivity contribution is 6.02. The van der Waals surface area contributed by atoms with Gasteiger partial charge in [0.15, 0.2) is 11.5 Å². The largest absolute Gasteiger partial charge is 0.494 e. The van der Waals surface area contributed by atoms with Gasteiger partial charge in [-0.1, -0.05) is 6.58 Å². The Morgan fingerprint density at radius 2 is 2.00 bits per heavy atom. The number of likely N-dealkylation sites (N-methyl/N-ethyl adjacent to an activating group) is 2. The van der Waals surface area contributed by atoms with Gasteiger partial charge in [-0.15, -0.1) is 0 Å². The minimum Gasteiger partial charge on any atom is -0.494 e. The van der Waals surface area contributed by atoms with Crippen molar-refractivity contribution in [2.24, 2.45) is 0 Å². The molecule has 0 aliphatic rings. The van der Waals surface area contributed by atoms with Crippen molar-refractivity contribution in [3.8, 4) is 17.1 Å². The van der Waals surface area contributed by atoms with Crippen LogP contribution in [0, 0.1) is 0 Å². The van der Waals surface area contributed by atoms with Gasteiger partial charge >= 0.3 is 0 Å². The van der Waals surface area contributed by atoms with E-state index in [2.05, 4.69) is 47.1 Å². The first kappa shape index (κ1) is 24.5. The van der Waals surface area contributed by atoms with E-state index in [1.807, 2.05) is 32.1 Å². The van der Waals surface area contributed by atoms with Gasteiger partial charge < -0.3 is 25.2 Å². The lowest BCUT2D eigenvalue weighted by Crippen LogP contribution is -2.29. The summed E-state index contributed by atoms with van der Waals surface area (Å²) in [7, 11) is 7.55. The highest BCUT2D eigenvalue weighted by Gasteiger charge is 2.17. The number of benzene rings is 1. The smallest absolute Gasteiger partial charge is 0.247 e. The predicted octanol–water partition coefficient (Wildman–Crippen LogP) is 2.46. The van der Waals surface area contributed by atoms with Crippen LogP contribution in [0.15, 0.2) is 55.8 Å². The Bertz CT molecular complexity index is 1380. The van der Waals surface area contributed by atoms with Gasteiger partial charge in [0.2, 0.25) is 11.9 Å². The molecule has 12 nitrogen and oxygen atoms in total. The van der Waals surface area contributed by atoms with E-state index in [-0.39, 0.29) is 5.91 Å². The summed E-state index contributed by atoms with van der Waals surface area (Å²) >= 11 is 0. The molecule has 0 aliphatic heterocycles. The maximum absolute atomic E-state index is 12.2. The van der Waals surface area contributed by atoms with Crippen molar-refractivity contribution in [1.82, 2.24) is 34.4 Å². The first-order valence-electron chi connectivity index (χ1n) is 11.2. The Morgan fingerprint density at radius 3 is 2.75 bits per heavy atom. The molecule has 3 heterocycles. The average molecular weight is 489 g/mol. The summed E-state index contributed by atoms with van der Waals surface area (Å²) in [5.74, 6) is 0.943. The van der Waals surface area contributed by atoms with Crippen molar-refractivity contribution in [2.75, 3.05) is 56.9 Å². The molecule has 1 amide bonds. The number of aromatic nitrogens is 6. The molecule has 2 N–H and O–H groups in total. The van der Waals surface area contributed by atoms with Gasteiger partial charge in [-0.3, -0.25) is 4.79 Å². The van der Waals surface area contributed by atoms with Gasteiger partial charge in [0.1, 0.15) is 12.1 Å². The van der Waals surface area contributed by atoms with Crippen molar-refractivity contribution in [3.63, 3.8) is 0 Å². The van der Waals surface area contributed by atoms with Crippen molar-refractivity contribution in [1.29, 1.82) is 0 Å². The molecule has 0 saturated carbocycles. The lowest BCUT2D eigenvalue weighted by Gasteiger charge is -2.25. The normalized spacial score (nSPS) is 10.9. The third-order valence-electron chi connectivity index (χ3n) is 5.39. The molecule has 0 aliphatic carbocycles. The van der Waals surface area contributed by atoms with Gasteiger partial charge in [-0.25, -0.2) is 19.5 Å². The summed E-state index contributed by atoms with van der Waals surface area (Å²) < 4.78 is 7.30. The summed E-state index contributed by atoms with van der Waals surface area (Å²) in [6.07, 6.45) is 7.77. The van der Waals surface area contributed by atoms with Crippen LogP contribution in [0.25, 0.3) is 17.0 Å². The first-order valence-corrected chi connectivity index (χ1v) is 11.2. The Kier molecular flexibility index (Phi) is 7.35. The Morgan fingerprint density at radius 1 is 1.17 bits per heavy atom. The topological polar surface area (TPSA) is 126 Å². The average Bonchev–Trinajstić information content (AvgIpc) is 3.32. The molecule has 0 radical (unpaired) electrons. The second kappa shape index (κ2) is 10.8. The highest BCUT2D eigenvalue weighted by Crippen LogP contribution is 2.38. The van der Waals surface area contributed by atoms with Crippen LogP contribution >= 0.6 is 0 Å². The molecule has 12 heteroatoms. The molecular formula is C24H28N10O2. The summed E-state index contributed by atoms with van der Waals surface area (Å²) in [6, 6.07) is 5.43. The standard InChI is InChI=1S/C24H28N10O2/c1-6-21(35)29-17-12-18(20(36-5)13-19(17)33(4)11-10-32(2)3)30-24-27-15-26-22(31-24)16-14-28-34-9-7-8-25-23(16)34/h6-9,12-15H,1,10-11H2,2-5H3,(H,29,35)(H,26,27,30,31). The van der Waals surface area contributed by atoms with E-state index in [4.69, 9.17) is 4.74 Å². The lowest BCUT2D eigenvalue weighted by molar-refractivity contribution is -0.111.